The van der Waals surface area contributed by atoms with Crippen LogP contribution < -0.4 is 5.32 Å². The molecule has 90 valence electrons. The fraction of sp³-hybridized carbons (Fsp3) is 0.917. The third-order valence-electron chi connectivity index (χ3n) is 2.95. The topological polar surface area (TPSA) is 32.3 Å². The van der Waals surface area contributed by atoms with Crippen molar-refractivity contribution in [2.45, 2.75) is 52.1 Å². The van der Waals surface area contributed by atoms with Crippen molar-refractivity contribution >= 4 is 5.78 Å². The molecular formula is C12H26N2O. The number of nitrogens with one attached hydrogen (secondary N) is 1. The van der Waals surface area contributed by atoms with E-state index in [0.29, 0.717) is 30.8 Å². The number of Topliss-reactive ketones (excluding diaryl/α,β-unsaturated/α-hetero) is 1. The first kappa shape index (κ1) is 12.7. The Morgan fingerprint density at radius 3 is 2.53 bits per heavy atom. The predicted molar refractivity (Wildman–Crippen MR) is 65.1 cm³/mol. The normalized spacial score (nSPS) is 19.7. The maximum atomic E-state index is 11.3. The Balaban J connectivity index is 0.00000225. The van der Waals surface area contributed by atoms with Gasteiger partial charge in [-0.3, -0.25) is 9.69 Å². The van der Waals surface area contributed by atoms with Crippen LogP contribution in [0.3, 0.4) is 0 Å². The molecule has 0 atom stereocenters. The predicted octanol–water partition coefficient (Wildman–Crippen LogP) is 1.67. The van der Waals surface area contributed by atoms with Gasteiger partial charge in [-0.25, -0.2) is 0 Å². The van der Waals surface area contributed by atoms with E-state index in [1.807, 2.05) is 6.92 Å². The van der Waals surface area contributed by atoms with Crippen molar-refractivity contribution < 1.29 is 6.22 Å². The molecule has 1 aliphatic rings. The molecule has 0 bridgehead atoms. The molecule has 0 aromatic heterocycles. The second-order valence-corrected chi connectivity index (χ2v) is 4.76. The summed E-state index contributed by atoms with van der Waals surface area (Å²) in [6.07, 6.45) is 3.02. The highest BCUT2D eigenvalue weighted by Gasteiger charge is 2.20. The molecule has 0 spiro atoms. The lowest BCUT2D eigenvalue weighted by molar-refractivity contribution is -0.120. The molecule has 0 unspecified atom stereocenters. The van der Waals surface area contributed by atoms with E-state index in [0.717, 1.165) is 13.1 Å². The molecular weight excluding hydrogens is 188 g/mol. The maximum Gasteiger partial charge on any atom is 0.146 e. The number of carbonyl (C=O) groups is 1. The Morgan fingerprint density at radius 2 is 2.07 bits per heavy atom. The molecule has 1 N–H and O–H groups in total. The monoisotopic (exact) mass is 214 g/mol. The molecule has 1 saturated heterocycles. The van der Waals surface area contributed by atoms with Crippen LogP contribution in [0.15, 0.2) is 0 Å². The lowest BCUT2D eigenvalue weighted by Crippen LogP contribution is -2.45. The lowest BCUT2D eigenvalue weighted by atomic mass is 10.0. The van der Waals surface area contributed by atoms with Crippen molar-refractivity contribution in [1.82, 2.24) is 10.2 Å². The Kier molecular flexibility index (Phi) is 5.26. The van der Waals surface area contributed by atoms with Crippen molar-refractivity contribution in [3.05, 3.63) is 0 Å². The van der Waals surface area contributed by atoms with Crippen LogP contribution >= 0.6 is 0 Å². The van der Waals surface area contributed by atoms with Crippen molar-refractivity contribution in [3.8, 4) is 0 Å². The molecule has 0 aromatic rings. The number of hydrogen-bond acceptors (Lipinski definition) is 3. The molecule has 1 heterocycles. The number of hydrogen-bond donors (Lipinski definition) is 1. The van der Waals surface area contributed by atoms with Crippen LogP contribution in [0.1, 0.15) is 41.5 Å². The van der Waals surface area contributed by atoms with Gasteiger partial charge in [-0.15, -0.1) is 0 Å². The van der Waals surface area contributed by atoms with Crippen molar-refractivity contribution in [2.24, 2.45) is 0 Å². The van der Waals surface area contributed by atoms with Gasteiger partial charge in [-0.05, 0) is 12.8 Å². The van der Waals surface area contributed by atoms with Gasteiger partial charge in [0.1, 0.15) is 5.78 Å². The van der Waals surface area contributed by atoms with E-state index in [1.165, 1.54) is 12.8 Å². The fourth-order valence-corrected chi connectivity index (χ4v) is 2.09. The Labute approximate surface area is 94.7 Å². The standard InChI is InChI=1S/C12H24N2O.H2/c1-4-12(15)9-14-7-5-11(6-8-14)13-10(2)3;/h10-11,13H,4-9H2,1-3H3;1H. The summed E-state index contributed by atoms with van der Waals surface area (Å²) < 4.78 is 0. The zero-order valence-electron chi connectivity index (χ0n) is 10.3. The molecule has 0 saturated carbocycles. The van der Waals surface area contributed by atoms with E-state index >= 15 is 0 Å². The highest BCUT2D eigenvalue weighted by molar-refractivity contribution is 5.80. The second kappa shape index (κ2) is 6.23. The Morgan fingerprint density at radius 1 is 1.47 bits per heavy atom. The maximum absolute atomic E-state index is 11.3. The summed E-state index contributed by atoms with van der Waals surface area (Å²) in [7, 11) is 0. The summed E-state index contributed by atoms with van der Waals surface area (Å²) in [5.41, 5.74) is 0. The van der Waals surface area contributed by atoms with Crippen LogP contribution in [0, 0.1) is 0 Å². The van der Waals surface area contributed by atoms with E-state index in [-0.39, 0.29) is 1.43 Å². The van der Waals surface area contributed by atoms with Crippen molar-refractivity contribution in [2.75, 3.05) is 19.6 Å². The Bertz CT molecular complexity index is 201. The average molecular weight is 214 g/mol. The molecule has 3 heteroatoms. The number of rotatable bonds is 5. The smallest absolute Gasteiger partial charge is 0.146 e. The van der Waals surface area contributed by atoms with Gasteiger partial charge in [-0.1, -0.05) is 20.8 Å². The first-order chi connectivity index (χ1) is 7.11. The van der Waals surface area contributed by atoms with E-state index < -0.39 is 0 Å². The molecule has 0 aromatic carbocycles. The van der Waals surface area contributed by atoms with Gasteiger partial charge in [0.2, 0.25) is 0 Å². The summed E-state index contributed by atoms with van der Waals surface area (Å²) in [5.74, 6) is 0.366. The number of carbonyl (C=O) groups excluding carboxylic acids is 1. The van der Waals surface area contributed by atoms with Gasteiger partial charge >= 0.3 is 0 Å². The van der Waals surface area contributed by atoms with E-state index in [1.54, 1.807) is 0 Å². The zero-order valence-corrected chi connectivity index (χ0v) is 10.3. The average Bonchev–Trinajstić information content (AvgIpc) is 2.20. The van der Waals surface area contributed by atoms with E-state index in [9.17, 15) is 4.79 Å². The third-order valence-corrected chi connectivity index (χ3v) is 2.95. The highest BCUT2D eigenvalue weighted by atomic mass is 16.1. The minimum atomic E-state index is 0. The quantitative estimate of drug-likeness (QED) is 0.755. The number of piperidine rings is 1. The zero-order chi connectivity index (χ0) is 11.3. The number of nitrogens with zero attached hydrogens (tertiary/aromatic N) is 1. The molecule has 0 aliphatic carbocycles. The van der Waals surface area contributed by atoms with Gasteiger partial charge in [0, 0.05) is 33.0 Å². The summed E-state index contributed by atoms with van der Waals surface area (Å²) in [6.45, 7) is 9.10. The molecule has 15 heavy (non-hydrogen) atoms. The molecule has 1 rings (SSSR count). The molecule has 0 radical (unpaired) electrons. The van der Waals surface area contributed by atoms with Crippen LogP contribution in [0.4, 0.5) is 0 Å². The molecule has 1 aliphatic heterocycles. The Hall–Kier alpha value is -0.410. The summed E-state index contributed by atoms with van der Waals surface area (Å²) in [4.78, 5) is 13.6. The van der Waals surface area contributed by atoms with Crippen molar-refractivity contribution in [3.63, 3.8) is 0 Å². The van der Waals surface area contributed by atoms with Gasteiger partial charge in [0.25, 0.3) is 0 Å². The summed E-state index contributed by atoms with van der Waals surface area (Å²) in [5, 5.41) is 3.56. The van der Waals surface area contributed by atoms with Crippen LogP contribution in [-0.4, -0.2) is 42.4 Å². The largest absolute Gasteiger partial charge is 0.312 e. The number of ketones is 1. The van der Waals surface area contributed by atoms with Crippen LogP contribution in [-0.2, 0) is 4.79 Å². The van der Waals surface area contributed by atoms with Gasteiger partial charge in [0.15, 0.2) is 0 Å². The third kappa shape index (κ3) is 4.76. The van der Waals surface area contributed by atoms with Gasteiger partial charge in [0.05, 0.1) is 6.54 Å². The van der Waals surface area contributed by atoms with Crippen LogP contribution in [0.25, 0.3) is 0 Å². The van der Waals surface area contributed by atoms with Gasteiger partial charge in [-0.2, -0.15) is 0 Å². The summed E-state index contributed by atoms with van der Waals surface area (Å²) >= 11 is 0. The highest BCUT2D eigenvalue weighted by Crippen LogP contribution is 2.10. The van der Waals surface area contributed by atoms with Gasteiger partial charge < -0.3 is 5.32 Å². The minimum Gasteiger partial charge on any atom is -0.312 e. The summed E-state index contributed by atoms with van der Waals surface area (Å²) in [6, 6.07) is 1.22. The van der Waals surface area contributed by atoms with E-state index in [4.69, 9.17) is 0 Å². The van der Waals surface area contributed by atoms with Crippen LogP contribution in [0.5, 0.6) is 0 Å². The molecule has 1 fully saturated rings. The molecule has 3 nitrogen and oxygen atoms in total. The fourth-order valence-electron chi connectivity index (χ4n) is 2.09. The second-order valence-electron chi connectivity index (χ2n) is 4.76. The minimum absolute atomic E-state index is 0. The van der Waals surface area contributed by atoms with E-state index in [2.05, 4.69) is 24.1 Å². The first-order valence-electron chi connectivity index (χ1n) is 6.12. The molecule has 0 amide bonds. The number of likely N-dealkylation sites (tertiary alicyclic amines) is 1. The first-order valence-corrected chi connectivity index (χ1v) is 6.12. The van der Waals surface area contributed by atoms with Crippen molar-refractivity contribution in [1.29, 1.82) is 0 Å². The lowest BCUT2D eigenvalue weighted by Gasteiger charge is -2.32. The van der Waals surface area contributed by atoms with Crippen LogP contribution in [0.2, 0.25) is 0 Å². The SMILES string of the molecule is CCC(=O)CN1CCC(NC(C)C)CC1.[HH].